The molecule has 4 nitrogen and oxygen atoms in total. The summed E-state index contributed by atoms with van der Waals surface area (Å²) in [5.41, 5.74) is 4.06. The summed E-state index contributed by atoms with van der Waals surface area (Å²) < 4.78 is 10.3. The highest BCUT2D eigenvalue weighted by Gasteiger charge is 2.03. The van der Waals surface area contributed by atoms with Crippen LogP contribution in [-0.4, -0.2) is 24.4 Å². The number of phenols is 2. The molecule has 0 spiro atoms. The fraction of sp³-hybridized carbons (Fsp3) is 0.0909. The number of rotatable bonds is 6. The molecule has 0 unspecified atom stereocenters. The number of aromatic hydroxyl groups is 2. The van der Waals surface area contributed by atoms with E-state index in [1.807, 2.05) is 36.4 Å². The van der Waals surface area contributed by atoms with Gasteiger partial charge in [0.25, 0.3) is 0 Å². The fourth-order valence-corrected chi connectivity index (χ4v) is 3.35. The molecule has 3 rings (SSSR count). The maximum Gasteiger partial charge on any atom is 0.161 e. The molecule has 0 atom stereocenters. The monoisotopic (exact) mass is 380 g/mol. The van der Waals surface area contributed by atoms with Gasteiger partial charge >= 0.3 is 0 Å². The van der Waals surface area contributed by atoms with E-state index >= 15 is 0 Å². The SMILES string of the molecule is COc1cc(/C=C/c2cscc2/C=C/c2ccc(O)c(OC)c2)ccc1O. The Balaban J connectivity index is 1.80. The van der Waals surface area contributed by atoms with Crippen molar-refractivity contribution in [2.24, 2.45) is 0 Å². The lowest BCUT2D eigenvalue weighted by Gasteiger charge is -2.04. The second kappa shape index (κ2) is 8.47. The van der Waals surface area contributed by atoms with Gasteiger partial charge in [-0.3, -0.25) is 0 Å². The molecular formula is C22H20O4S. The number of methoxy groups -OCH3 is 2. The molecule has 2 N–H and O–H groups in total. The molecule has 0 aliphatic heterocycles. The van der Waals surface area contributed by atoms with Gasteiger partial charge in [0, 0.05) is 0 Å². The first kappa shape index (κ1) is 18.6. The summed E-state index contributed by atoms with van der Waals surface area (Å²) in [6.07, 6.45) is 8.01. The van der Waals surface area contributed by atoms with Crippen LogP contribution in [0.4, 0.5) is 0 Å². The Labute approximate surface area is 162 Å². The smallest absolute Gasteiger partial charge is 0.161 e. The molecule has 0 aliphatic carbocycles. The van der Waals surface area contributed by atoms with Crippen molar-refractivity contribution in [1.29, 1.82) is 0 Å². The van der Waals surface area contributed by atoms with Gasteiger partial charge in [-0.05, 0) is 57.3 Å². The van der Waals surface area contributed by atoms with E-state index < -0.39 is 0 Å². The van der Waals surface area contributed by atoms with Gasteiger partial charge in [0.2, 0.25) is 0 Å². The first-order chi connectivity index (χ1) is 13.1. The topological polar surface area (TPSA) is 58.9 Å². The predicted octanol–water partition coefficient (Wildman–Crippen LogP) is 5.52. The third kappa shape index (κ3) is 4.51. The Hall–Kier alpha value is -3.18. The molecule has 1 heterocycles. The molecular weight excluding hydrogens is 360 g/mol. The Kier molecular flexibility index (Phi) is 5.84. The second-order valence-electron chi connectivity index (χ2n) is 5.81. The lowest BCUT2D eigenvalue weighted by Crippen LogP contribution is -1.84. The fourth-order valence-electron chi connectivity index (χ4n) is 2.56. The van der Waals surface area contributed by atoms with Gasteiger partial charge < -0.3 is 19.7 Å². The zero-order valence-corrected chi connectivity index (χ0v) is 15.9. The number of hydrogen-bond donors (Lipinski definition) is 2. The molecule has 0 aliphatic rings. The Morgan fingerprint density at radius 3 is 1.56 bits per heavy atom. The maximum absolute atomic E-state index is 9.68. The standard InChI is InChI=1S/C22H20O4S/c1-25-21-11-15(5-9-19(21)23)3-7-17-13-27-14-18(17)8-4-16-6-10-20(24)22(12-16)26-2/h3-14,23-24H,1-2H3/b7-3+,8-4+. The minimum absolute atomic E-state index is 0.123. The molecule has 0 saturated heterocycles. The van der Waals surface area contributed by atoms with Crippen LogP contribution in [0, 0.1) is 0 Å². The highest BCUT2D eigenvalue weighted by Crippen LogP contribution is 2.29. The zero-order valence-electron chi connectivity index (χ0n) is 15.0. The van der Waals surface area contributed by atoms with E-state index in [-0.39, 0.29) is 11.5 Å². The van der Waals surface area contributed by atoms with E-state index in [0.29, 0.717) is 11.5 Å². The number of ether oxygens (including phenoxy) is 2. The van der Waals surface area contributed by atoms with Crippen molar-refractivity contribution in [3.8, 4) is 23.0 Å². The van der Waals surface area contributed by atoms with Crippen molar-refractivity contribution in [2.45, 2.75) is 0 Å². The molecule has 0 saturated carbocycles. The molecule has 0 fully saturated rings. The van der Waals surface area contributed by atoms with E-state index in [2.05, 4.69) is 10.8 Å². The number of benzene rings is 2. The molecule has 0 bridgehead atoms. The maximum atomic E-state index is 9.68. The summed E-state index contributed by atoms with van der Waals surface area (Å²) >= 11 is 1.62. The molecule has 27 heavy (non-hydrogen) atoms. The summed E-state index contributed by atoms with van der Waals surface area (Å²) in [7, 11) is 3.06. The van der Waals surface area contributed by atoms with E-state index in [4.69, 9.17) is 9.47 Å². The van der Waals surface area contributed by atoms with Crippen molar-refractivity contribution in [3.63, 3.8) is 0 Å². The molecule has 0 radical (unpaired) electrons. The van der Waals surface area contributed by atoms with Crippen LogP contribution in [-0.2, 0) is 0 Å². The Bertz CT molecular complexity index is 908. The lowest BCUT2D eigenvalue weighted by molar-refractivity contribution is 0.373. The molecule has 3 aromatic rings. The molecule has 138 valence electrons. The van der Waals surface area contributed by atoms with Crippen LogP contribution in [0.2, 0.25) is 0 Å². The van der Waals surface area contributed by atoms with Crippen molar-refractivity contribution < 1.29 is 19.7 Å². The minimum atomic E-state index is 0.123. The van der Waals surface area contributed by atoms with Crippen LogP contribution in [0.1, 0.15) is 22.3 Å². The minimum Gasteiger partial charge on any atom is -0.504 e. The average molecular weight is 380 g/mol. The van der Waals surface area contributed by atoms with Crippen molar-refractivity contribution >= 4 is 35.6 Å². The van der Waals surface area contributed by atoms with Crippen LogP contribution in [0.15, 0.2) is 47.2 Å². The summed E-state index contributed by atoms with van der Waals surface area (Å²) in [5.74, 6) is 1.14. The van der Waals surface area contributed by atoms with Gasteiger partial charge in [0.1, 0.15) is 0 Å². The van der Waals surface area contributed by atoms with Crippen molar-refractivity contribution in [1.82, 2.24) is 0 Å². The molecule has 0 amide bonds. The quantitative estimate of drug-likeness (QED) is 0.591. The second-order valence-corrected chi connectivity index (χ2v) is 6.56. The molecule has 2 aromatic carbocycles. The van der Waals surface area contributed by atoms with E-state index in [9.17, 15) is 10.2 Å². The van der Waals surface area contributed by atoms with Gasteiger partial charge in [-0.25, -0.2) is 0 Å². The highest BCUT2D eigenvalue weighted by molar-refractivity contribution is 7.08. The van der Waals surface area contributed by atoms with Gasteiger partial charge in [-0.1, -0.05) is 36.4 Å². The van der Waals surface area contributed by atoms with Crippen LogP contribution in [0.25, 0.3) is 24.3 Å². The lowest BCUT2D eigenvalue weighted by atomic mass is 10.1. The largest absolute Gasteiger partial charge is 0.504 e. The molecule has 5 heteroatoms. The Morgan fingerprint density at radius 2 is 1.15 bits per heavy atom. The summed E-state index contributed by atoms with van der Waals surface area (Å²) in [6, 6.07) is 10.5. The van der Waals surface area contributed by atoms with Gasteiger partial charge in [0.15, 0.2) is 23.0 Å². The summed E-state index contributed by atoms with van der Waals surface area (Å²) in [5, 5.41) is 23.5. The van der Waals surface area contributed by atoms with Crippen molar-refractivity contribution in [2.75, 3.05) is 14.2 Å². The van der Waals surface area contributed by atoms with Crippen LogP contribution >= 0.6 is 11.3 Å². The third-order valence-electron chi connectivity index (χ3n) is 4.04. The van der Waals surface area contributed by atoms with E-state index in [0.717, 1.165) is 22.3 Å². The predicted molar refractivity (Wildman–Crippen MR) is 111 cm³/mol. The highest BCUT2D eigenvalue weighted by atomic mass is 32.1. The van der Waals surface area contributed by atoms with Crippen LogP contribution in [0.5, 0.6) is 23.0 Å². The van der Waals surface area contributed by atoms with Gasteiger partial charge in [-0.2, -0.15) is 11.3 Å². The first-order valence-electron chi connectivity index (χ1n) is 8.27. The average Bonchev–Trinajstić information content (AvgIpc) is 3.14. The molecule has 1 aromatic heterocycles. The van der Waals surface area contributed by atoms with Gasteiger partial charge in [-0.15, -0.1) is 0 Å². The van der Waals surface area contributed by atoms with E-state index in [1.165, 1.54) is 14.2 Å². The summed E-state index contributed by atoms with van der Waals surface area (Å²) in [6.45, 7) is 0. The van der Waals surface area contributed by atoms with Crippen LogP contribution in [0.3, 0.4) is 0 Å². The van der Waals surface area contributed by atoms with E-state index in [1.54, 1.807) is 35.6 Å². The first-order valence-corrected chi connectivity index (χ1v) is 9.21. The Morgan fingerprint density at radius 1 is 0.704 bits per heavy atom. The normalized spacial score (nSPS) is 11.3. The number of thiophene rings is 1. The van der Waals surface area contributed by atoms with Crippen molar-refractivity contribution in [3.05, 3.63) is 69.4 Å². The van der Waals surface area contributed by atoms with Crippen LogP contribution < -0.4 is 9.47 Å². The number of phenolic OH excluding ortho intramolecular Hbond substituents is 2. The zero-order chi connectivity index (χ0) is 19.2. The van der Waals surface area contributed by atoms with Gasteiger partial charge in [0.05, 0.1) is 14.2 Å². The summed E-state index contributed by atoms with van der Waals surface area (Å²) in [4.78, 5) is 0. The third-order valence-corrected chi connectivity index (χ3v) is 4.82. The number of hydrogen-bond acceptors (Lipinski definition) is 5.